The lowest BCUT2D eigenvalue weighted by Crippen LogP contribution is -2.46. The average molecular weight is 222 g/mol. The number of carbonyl (C=O) groups excluding carboxylic acids is 1. The smallest absolute Gasteiger partial charge is 0.346 e. The Balaban J connectivity index is 4.86. The van der Waals surface area contributed by atoms with Gasteiger partial charge in [-0.05, 0) is 12.8 Å². The summed E-state index contributed by atoms with van der Waals surface area (Å²) < 4.78 is 15.4. The fourth-order valence-electron chi connectivity index (χ4n) is 1.28. The van der Waals surface area contributed by atoms with Gasteiger partial charge in [-0.1, -0.05) is 13.8 Å². The zero-order valence-electron chi connectivity index (χ0n) is 8.98. The molecule has 1 atom stereocenters. The monoisotopic (exact) mass is 222 g/mol. The Morgan fingerprint density at radius 1 is 1.43 bits per heavy atom. The SMILES string of the molecule is CCC(CC)(O[P+](=O)O)C(=O)N(C)C. The third-order valence-corrected chi connectivity index (χ3v) is 2.70. The summed E-state index contributed by atoms with van der Waals surface area (Å²) in [4.78, 5) is 21.8. The van der Waals surface area contributed by atoms with Crippen molar-refractivity contribution in [3.05, 3.63) is 0 Å². The molecule has 5 nitrogen and oxygen atoms in total. The number of rotatable bonds is 5. The van der Waals surface area contributed by atoms with Gasteiger partial charge < -0.3 is 4.90 Å². The molecule has 0 aliphatic rings. The Labute approximate surface area is 85.0 Å². The van der Waals surface area contributed by atoms with Crippen LogP contribution in [-0.4, -0.2) is 35.4 Å². The van der Waals surface area contributed by atoms with Gasteiger partial charge in [0.25, 0.3) is 5.91 Å². The van der Waals surface area contributed by atoms with E-state index >= 15 is 0 Å². The molecule has 0 bridgehead atoms. The van der Waals surface area contributed by atoms with Gasteiger partial charge in [-0.3, -0.25) is 4.79 Å². The van der Waals surface area contributed by atoms with E-state index in [1.54, 1.807) is 27.9 Å². The molecule has 0 saturated carbocycles. The Bertz CT molecular complexity index is 225. The number of amides is 1. The molecule has 14 heavy (non-hydrogen) atoms. The van der Waals surface area contributed by atoms with Crippen molar-refractivity contribution in [3.8, 4) is 0 Å². The van der Waals surface area contributed by atoms with E-state index in [0.29, 0.717) is 12.8 Å². The molecule has 1 N–H and O–H groups in total. The molecule has 0 saturated heterocycles. The third-order valence-electron chi connectivity index (χ3n) is 2.19. The Kier molecular flexibility index (Phi) is 5.19. The van der Waals surface area contributed by atoms with Crippen LogP contribution in [0.2, 0.25) is 0 Å². The lowest BCUT2D eigenvalue weighted by Gasteiger charge is -2.26. The van der Waals surface area contributed by atoms with Crippen LogP contribution in [0.5, 0.6) is 0 Å². The van der Waals surface area contributed by atoms with Crippen LogP contribution < -0.4 is 0 Å². The van der Waals surface area contributed by atoms with Crippen LogP contribution in [0.1, 0.15) is 26.7 Å². The summed E-state index contributed by atoms with van der Waals surface area (Å²) >= 11 is 0. The maximum absolute atomic E-state index is 11.7. The number of carbonyl (C=O) groups is 1. The Morgan fingerprint density at radius 3 is 2.07 bits per heavy atom. The van der Waals surface area contributed by atoms with E-state index in [-0.39, 0.29) is 5.91 Å². The number of hydrogen-bond acceptors (Lipinski definition) is 3. The molecule has 1 amide bonds. The van der Waals surface area contributed by atoms with Crippen LogP contribution in [0.4, 0.5) is 0 Å². The molecule has 0 aromatic heterocycles. The van der Waals surface area contributed by atoms with Crippen molar-refractivity contribution in [1.29, 1.82) is 0 Å². The lowest BCUT2D eigenvalue weighted by atomic mass is 9.96. The van der Waals surface area contributed by atoms with Crippen molar-refractivity contribution < 1.29 is 18.8 Å². The summed E-state index contributed by atoms with van der Waals surface area (Å²) in [6.45, 7) is 3.51. The molecule has 1 unspecified atom stereocenters. The van der Waals surface area contributed by atoms with Gasteiger partial charge in [-0.25, -0.2) is 0 Å². The van der Waals surface area contributed by atoms with Crippen LogP contribution in [0.3, 0.4) is 0 Å². The van der Waals surface area contributed by atoms with Crippen LogP contribution in [0.25, 0.3) is 0 Å². The third kappa shape index (κ3) is 3.01. The van der Waals surface area contributed by atoms with Crippen molar-refractivity contribution in [2.45, 2.75) is 32.3 Å². The highest BCUT2D eigenvalue weighted by molar-refractivity contribution is 7.32. The minimum atomic E-state index is -2.75. The van der Waals surface area contributed by atoms with Gasteiger partial charge in [-0.2, -0.15) is 0 Å². The van der Waals surface area contributed by atoms with E-state index in [2.05, 4.69) is 0 Å². The standard InChI is InChI=1S/C8H16NO4P/c1-5-8(6-2,13-14(11)12)7(10)9(3)4/h5-6H2,1-4H3/p+1. The summed E-state index contributed by atoms with van der Waals surface area (Å²) in [5.74, 6) is -0.278. The summed E-state index contributed by atoms with van der Waals surface area (Å²) in [6.07, 6.45) is 0.754. The second-order valence-corrected chi connectivity index (χ2v) is 3.89. The molecule has 82 valence electrons. The summed E-state index contributed by atoms with van der Waals surface area (Å²) in [5, 5.41) is 0. The van der Waals surface area contributed by atoms with Gasteiger partial charge in [0.1, 0.15) is 0 Å². The van der Waals surface area contributed by atoms with Crippen LogP contribution in [0, 0.1) is 0 Å². The van der Waals surface area contributed by atoms with Gasteiger partial charge in [-0.15, -0.1) is 9.42 Å². The van der Waals surface area contributed by atoms with E-state index in [1.807, 2.05) is 0 Å². The normalized spacial score (nSPS) is 12.5. The molecule has 0 aromatic carbocycles. The van der Waals surface area contributed by atoms with Gasteiger partial charge in [0.05, 0.1) is 0 Å². The molecule has 0 aliphatic carbocycles. The van der Waals surface area contributed by atoms with Crippen molar-refractivity contribution in [1.82, 2.24) is 4.90 Å². The Morgan fingerprint density at radius 2 is 1.86 bits per heavy atom. The highest BCUT2D eigenvalue weighted by Crippen LogP contribution is 2.32. The van der Waals surface area contributed by atoms with Gasteiger partial charge in [0.2, 0.25) is 5.60 Å². The highest BCUT2D eigenvalue weighted by atomic mass is 31.1. The lowest BCUT2D eigenvalue weighted by molar-refractivity contribution is -0.146. The van der Waals surface area contributed by atoms with Crippen molar-refractivity contribution in [2.75, 3.05) is 14.1 Å². The van der Waals surface area contributed by atoms with E-state index < -0.39 is 13.9 Å². The summed E-state index contributed by atoms with van der Waals surface area (Å²) in [7, 11) is 0.432. The summed E-state index contributed by atoms with van der Waals surface area (Å²) in [6, 6.07) is 0. The van der Waals surface area contributed by atoms with E-state index in [0.717, 1.165) is 0 Å². The number of hydrogen-bond donors (Lipinski definition) is 1. The largest absolute Gasteiger partial charge is 0.695 e. The first-order valence-corrected chi connectivity index (χ1v) is 5.59. The minimum Gasteiger partial charge on any atom is -0.346 e. The molecule has 0 radical (unpaired) electrons. The van der Waals surface area contributed by atoms with Crippen molar-refractivity contribution >= 4 is 14.2 Å². The highest BCUT2D eigenvalue weighted by Gasteiger charge is 2.45. The molecule has 0 aliphatic heterocycles. The second kappa shape index (κ2) is 5.39. The maximum Gasteiger partial charge on any atom is 0.695 e. The first-order chi connectivity index (χ1) is 6.39. The predicted octanol–water partition coefficient (Wildman–Crippen LogP) is 1.30. The molecule has 0 fully saturated rings. The van der Waals surface area contributed by atoms with Crippen molar-refractivity contribution in [2.24, 2.45) is 0 Å². The molecule has 0 aromatic rings. The van der Waals surface area contributed by atoms with E-state index in [4.69, 9.17) is 9.42 Å². The first-order valence-electron chi connectivity index (χ1n) is 4.46. The zero-order valence-corrected chi connectivity index (χ0v) is 9.88. The fourth-order valence-corrected chi connectivity index (χ4v) is 1.91. The molecular weight excluding hydrogens is 205 g/mol. The van der Waals surface area contributed by atoms with Crippen LogP contribution in [-0.2, 0) is 13.9 Å². The second-order valence-electron chi connectivity index (χ2n) is 3.23. The minimum absolute atomic E-state index is 0.278. The van der Waals surface area contributed by atoms with Crippen LogP contribution in [0.15, 0.2) is 0 Å². The maximum atomic E-state index is 11.7. The quantitative estimate of drug-likeness (QED) is 0.712. The molecular formula is C8H17NO4P+. The number of likely N-dealkylation sites (N-methyl/N-ethyl adjacent to an activating group) is 1. The zero-order chi connectivity index (χ0) is 11.4. The van der Waals surface area contributed by atoms with Gasteiger partial charge >= 0.3 is 8.25 Å². The topological polar surface area (TPSA) is 66.8 Å². The fraction of sp³-hybridized carbons (Fsp3) is 0.875. The Hall–Kier alpha value is -0.510. The first kappa shape index (κ1) is 13.5. The molecule has 0 spiro atoms. The summed E-state index contributed by atoms with van der Waals surface area (Å²) in [5.41, 5.74) is -1.16. The van der Waals surface area contributed by atoms with E-state index in [9.17, 15) is 9.36 Å². The van der Waals surface area contributed by atoms with Crippen molar-refractivity contribution in [3.63, 3.8) is 0 Å². The van der Waals surface area contributed by atoms with Crippen LogP contribution >= 0.6 is 8.25 Å². The van der Waals surface area contributed by atoms with E-state index in [1.165, 1.54) is 4.90 Å². The average Bonchev–Trinajstić information content (AvgIpc) is 2.12. The molecule has 0 rings (SSSR count). The molecule has 6 heteroatoms. The number of nitrogens with zero attached hydrogens (tertiary/aromatic N) is 1. The van der Waals surface area contributed by atoms with Gasteiger partial charge in [0, 0.05) is 18.7 Å². The van der Waals surface area contributed by atoms with Gasteiger partial charge in [0.15, 0.2) is 0 Å². The molecule has 0 heterocycles. The predicted molar refractivity (Wildman–Crippen MR) is 52.9 cm³/mol.